The first-order valence-electron chi connectivity index (χ1n) is 18.6. The van der Waals surface area contributed by atoms with Crippen molar-refractivity contribution >= 4 is 0 Å². The molecular formula is C39H70N2. The Kier molecular flexibility index (Phi) is 21.2. The maximum atomic E-state index is 4.89. The number of hydrogen-bond acceptors (Lipinski definition) is 1. The maximum Gasteiger partial charge on any atom is 0.109 e. The van der Waals surface area contributed by atoms with Gasteiger partial charge in [0.05, 0.1) is 0 Å². The molecule has 0 saturated heterocycles. The second-order valence-corrected chi connectivity index (χ2v) is 13.6. The van der Waals surface area contributed by atoms with E-state index < -0.39 is 0 Å². The molecule has 41 heavy (non-hydrogen) atoms. The van der Waals surface area contributed by atoms with E-state index in [0.29, 0.717) is 6.04 Å². The van der Waals surface area contributed by atoms with Crippen molar-refractivity contribution in [3.63, 3.8) is 0 Å². The van der Waals surface area contributed by atoms with Gasteiger partial charge in [0, 0.05) is 24.9 Å². The lowest BCUT2D eigenvalue weighted by molar-refractivity contribution is 0.315. The van der Waals surface area contributed by atoms with Crippen LogP contribution in [0.2, 0.25) is 0 Å². The Morgan fingerprint density at radius 3 is 1.63 bits per heavy atom. The van der Waals surface area contributed by atoms with Gasteiger partial charge in [-0.1, -0.05) is 186 Å². The van der Waals surface area contributed by atoms with Crippen LogP contribution in [-0.2, 0) is 6.42 Å². The van der Waals surface area contributed by atoms with E-state index in [1.807, 2.05) is 6.20 Å². The van der Waals surface area contributed by atoms with Crippen LogP contribution < -0.4 is 0 Å². The lowest BCUT2D eigenvalue weighted by Gasteiger charge is -2.32. The minimum absolute atomic E-state index is 0.258. The molecular weight excluding hydrogens is 496 g/mol. The van der Waals surface area contributed by atoms with E-state index in [1.54, 1.807) is 0 Å². The summed E-state index contributed by atoms with van der Waals surface area (Å²) in [6, 6.07) is 0.553. The van der Waals surface area contributed by atoms with Crippen LogP contribution in [0, 0.1) is 5.41 Å². The zero-order chi connectivity index (χ0) is 29.3. The van der Waals surface area contributed by atoms with Crippen LogP contribution in [0.1, 0.15) is 200 Å². The Morgan fingerprint density at radius 2 is 1.15 bits per heavy atom. The lowest BCUT2D eigenvalue weighted by Crippen LogP contribution is -2.25. The minimum atomic E-state index is 0.258. The summed E-state index contributed by atoms with van der Waals surface area (Å²) in [5.41, 5.74) is 0.258. The molecule has 1 heterocycles. The molecule has 0 amide bonds. The minimum Gasteiger partial charge on any atom is -0.332 e. The van der Waals surface area contributed by atoms with E-state index >= 15 is 0 Å². The molecule has 236 valence electrons. The summed E-state index contributed by atoms with van der Waals surface area (Å²) in [7, 11) is 0. The summed E-state index contributed by atoms with van der Waals surface area (Å²) in [4.78, 5) is 4.89. The van der Waals surface area contributed by atoms with Gasteiger partial charge in [0.1, 0.15) is 5.82 Å². The number of nitrogens with zero attached hydrogens (tertiary/aromatic N) is 2. The van der Waals surface area contributed by atoms with E-state index in [1.165, 1.54) is 173 Å². The standard InChI is InChI=1S/C39H70N2/c1-4-6-8-10-12-14-15-16-17-18-19-21-23-26-30-37(3)41-35-34-40-38(41)36-39(32-28-25-29-33-39)31-27-24-22-20-13-11-9-7-5-2/h25,28-29,32,34-35,37H,4-24,26-27,30-31,33,36H2,1-3H3. The van der Waals surface area contributed by atoms with Crippen LogP contribution in [-0.4, -0.2) is 9.55 Å². The molecule has 2 atom stereocenters. The van der Waals surface area contributed by atoms with Crippen LogP contribution in [0.25, 0.3) is 0 Å². The third kappa shape index (κ3) is 16.8. The number of hydrogen-bond donors (Lipinski definition) is 0. The highest BCUT2D eigenvalue weighted by Crippen LogP contribution is 2.38. The molecule has 0 fully saturated rings. The van der Waals surface area contributed by atoms with Crippen LogP contribution in [0.4, 0.5) is 0 Å². The van der Waals surface area contributed by atoms with Gasteiger partial charge in [-0.2, -0.15) is 0 Å². The summed E-state index contributed by atoms with van der Waals surface area (Å²) >= 11 is 0. The number of allylic oxidation sites excluding steroid dienone is 4. The molecule has 2 unspecified atom stereocenters. The zero-order valence-electron chi connectivity index (χ0n) is 28.0. The van der Waals surface area contributed by atoms with E-state index in [-0.39, 0.29) is 5.41 Å². The second-order valence-electron chi connectivity index (χ2n) is 13.6. The predicted molar refractivity (Wildman–Crippen MR) is 183 cm³/mol. The molecule has 1 aromatic heterocycles. The molecule has 1 aliphatic carbocycles. The Bertz CT molecular complexity index is 774. The highest BCUT2D eigenvalue weighted by molar-refractivity contribution is 5.19. The van der Waals surface area contributed by atoms with Gasteiger partial charge in [0.25, 0.3) is 0 Å². The number of aromatic nitrogens is 2. The molecule has 0 bridgehead atoms. The molecule has 0 N–H and O–H groups in total. The van der Waals surface area contributed by atoms with Gasteiger partial charge in [-0.05, 0) is 31.6 Å². The molecule has 0 radical (unpaired) electrons. The molecule has 1 aromatic rings. The van der Waals surface area contributed by atoms with Crippen molar-refractivity contribution in [2.45, 2.75) is 200 Å². The lowest BCUT2D eigenvalue weighted by atomic mass is 9.74. The number of imidazole rings is 1. The van der Waals surface area contributed by atoms with Crippen molar-refractivity contribution in [2.24, 2.45) is 5.41 Å². The van der Waals surface area contributed by atoms with Crippen LogP contribution >= 0.6 is 0 Å². The number of unbranched alkanes of at least 4 members (excludes halogenated alkanes) is 21. The van der Waals surface area contributed by atoms with E-state index in [4.69, 9.17) is 4.98 Å². The molecule has 0 saturated carbocycles. The van der Waals surface area contributed by atoms with Gasteiger partial charge in [0.2, 0.25) is 0 Å². The van der Waals surface area contributed by atoms with Crippen LogP contribution in [0.3, 0.4) is 0 Å². The first-order chi connectivity index (χ1) is 20.2. The first-order valence-corrected chi connectivity index (χ1v) is 18.6. The van der Waals surface area contributed by atoms with Crippen molar-refractivity contribution in [1.82, 2.24) is 9.55 Å². The molecule has 2 nitrogen and oxygen atoms in total. The van der Waals surface area contributed by atoms with E-state index in [2.05, 4.69) is 55.8 Å². The Labute approximate surface area is 257 Å². The van der Waals surface area contributed by atoms with Gasteiger partial charge in [-0.25, -0.2) is 4.98 Å². The maximum absolute atomic E-state index is 4.89. The van der Waals surface area contributed by atoms with Gasteiger partial charge in [0.15, 0.2) is 0 Å². The highest BCUT2D eigenvalue weighted by atomic mass is 15.1. The summed E-state index contributed by atoms with van der Waals surface area (Å²) < 4.78 is 2.51. The Morgan fingerprint density at radius 1 is 0.659 bits per heavy atom. The summed E-state index contributed by atoms with van der Waals surface area (Å²) in [6.07, 6.45) is 51.2. The van der Waals surface area contributed by atoms with Crippen molar-refractivity contribution < 1.29 is 0 Å². The SMILES string of the molecule is CCCCCCCCCCCCCCCCC(C)n1ccnc1CC1(CCCCCCCCCCC)C=CC=CC1. The number of rotatable bonds is 28. The average molecular weight is 567 g/mol. The van der Waals surface area contributed by atoms with Gasteiger partial charge >= 0.3 is 0 Å². The zero-order valence-corrected chi connectivity index (χ0v) is 28.0. The topological polar surface area (TPSA) is 17.8 Å². The van der Waals surface area contributed by atoms with E-state index in [9.17, 15) is 0 Å². The van der Waals surface area contributed by atoms with Gasteiger partial charge in [-0.3, -0.25) is 0 Å². The third-order valence-electron chi connectivity index (χ3n) is 9.71. The predicted octanol–water partition coefficient (Wildman–Crippen LogP) is 13.3. The van der Waals surface area contributed by atoms with Crippen molar-refractivity contribution in [1.29, 1.82) is 0 Å². The summed E-state index contributed by atoms with van der Waals surface area (Å²) in [6.45, 7) is 7.02. The van der Waals surface area contributed by atoms with Crippen molar-refractivity contribution in [2.75, 3.05) is 0 Å². The largest absolute Gasteiger partial charge is 0.332 e. The van der Waals surface area contributed by atoms with Gasteiger partial charge < -0.3 is 4.57 Å². The smallest absolute Gasteiger partial charge is 0.109 e. The normalized spacial score (nSPS) is 17.4. The van der Waals surface area contributed by atoms with E-state index in [0.717, 1.165) is 6.42 Å². The molecule has 0 spiro atoms. The second kappa shape index (κ2) is 24.2. The molecule has 1 aliphatic rings. The fraction of sp³-hybridized carbons (Fsp3) is 0.821. The molecule has 0 aromatic carbocycles. The Hall–Kier alpha value is -1.31. The third-order valence-corrected chi connectivity index (χ3v) is 9.71. The van der Waals surface area contributed by atoms with Gasteiger partial charge in [-0.15, -0.1) is 0 Å². The average Bonchev–Trinajstić information content (AvgIpc) is 3.44. The molecule has 2 rings (SSSR count). The fourth-order valence-electron chi connectivity index (χ4n) is 6.87. The monoisotopic (exact) mass is 567 g/mol. The fourth-order valence-corrected chi connectivity index (χ4v) is 6.87. The summed E-state index contributed by atoms with van der Waals surface area (Å²) in [5.74, 6) is 1.30. The first kappa shape index (κ1) is 35.9. The molecule has 2 heteroatoms. The summed E-state index contributed by atoms with van der Waals surface area (Å²) in [5, 5.41) is 0. The quantitative estimate of drug-likeness (QED) is 0.0922. The van der Waals surface area contributed by atoms with Crippen LogP contribution in [0.15, 0.2) is 36.7 Å². The van der Waals surface area contributed by atoms with Crippen molar-refractivity contribution in [3.8, 4) is 0 Å². The highest BCUT2D eigenvalue weighted by Gasteiger charge is 2.29. The van der Waals surface area contributed by atoms with Crippen LogP contribution in [0.5, 0.6) is 0 Å². The molecule has 0 aliphatic heterocycles. The van der Waals surface area contributed by atoms with Crippen molar-refractivity contribution in [3.05, 3.63) is 42.5 Å². The Balaban J connectivity index is 1.60.